The van der Waals surface area contributed by atoms with E-state index in [2.05, 4.69) is 38.1 Å². The number of nitrogens with one attached hydrogen (secondary N) is 1. The number of carbonyl (C=O) groups is 1. The molecule has 0 spiro atoms. The Morgan fingerprint density at radius 2 is 2.03 bits per heavy atom. The number of benzene rings is 1. The van der Waals surface area contributed by atoms with E-state index in [0.717, 1.165) is 68.7 Å². The van der Waals surface area contributed by atoms with E-state index in [1.807, 2.05) is 12.1 Å². The minimum Gasteiger partial charge on any atom is -0.370 e. The summed E-state index contributed by atoms with van der Waals surface area (Å²) in [6.45, 7) is 6.45. The fourth-order valence-electron chi connectivity index (χ4n) is 4.27. The van der Waals surface area contributed by atoms with E-state index in [1.165, 1.54) is 5.69 Å². The Bertz CT molecular complexity index is 732. The number of amides is 1. The second-order valence-corrected chi connectivity index (χ2v) is 8.46. The summed E-state index contributed by atoms with van der Waals surface area (Å²) >= 11 is 6.59. The summed E-state index contributed by atoms with van der Waals surface area (Å²) in [6, 6.07) is 6.12. The molecule has 3 rings (SSSR count). The number of hydrogen-bond donors (Lipinski definition) is 2. The second kappa shape index (κ2) is 10.2. The molecule has 2 aliphatic rings. The summed E-state index contributed by atoms with van der Waals surface area (Å²) in [6.07, 6.45) is 2.51. The van der Waals surface area contributed by atoms with Gasteiger partial charge in [-0.05, 0) is 37.9 Å². The molecule has 2 heterocycles. The lowest BCUT2D eigenvalue weighted by Gasteiger charge is -2.36. The SMILES string of the molecule is CN=C(NCc1c(Cl)cccc1N1CCN(C)CC1)N1CCCC(CC(N)=O)C1. The van der Waals surface area contributed by atoms with Gasteiger partial charge in [0.1, 0.15) is 0 Å². The van der Waals surface area contributed by atoms with Crippen LogP contribution in [0.3, 0.4) is 0 Å². The van der Waals surface area contributed by atoms with Gasteiger partial charge < -0.3 is 25.8 Å². The molecule has 29 heavy (non-hydrogen) atoms. The summed E-state index contributed by atoms with van der Waals surface area (Å²) < 4.78 is 0. The number of hydrogen-bond acceptors (Lipinski definition) is 4. The largest absolute Gasteiger partial charge is 0.370 e. The van der Waals surface area contributed by atoms with Crippen molar-refractivity contribution in [3.63, 3.8) is 0 Å². The zero-order valence-electron chi connectivity index (χ0n) is 17.5. The molecule has 1 amide bonds. The first-order chi connectivity index (χ1) is 14.0. The number of guanidine groups is 1. The van der Waals surface area contributed by atoms with Gasteiger partial charge in [0.25, 0.3) is 0 Å². The number of nitrogens with zero attached hydrogens (tertiary/aromatic N) is 4. The number of likely N-dealkylation sites (tertiary alicyclic amines) is 1. The van der Waals surface area contributed by atoms with Crippen LogP contribution >= 0.6 is 11.6 Å². The van der Waals surface area contributed by atoms with Gasteiger partial charge in [0.2, 0.25) is 5.91 Å². The number of aliphatic imine (C=N–C) groups is 1. The number of carbonyl (C=O) groups excluding carboxylic acids is 1. The fourth-order valence-corrected chi connectivity index (χ4v) is 4.51. The lowest BCUT2D eigenvalue weighted by molar-refractivity contribution is -0.119. The number of anilines is 1. The fraction of sp³-hybridized carbons (Fsp3) is 0.619. The highest BCUT2D eigenvalue weighted by atomic mass is 35.5. The van der Waals surface area contributed by atoms with Crippen molar-refractivity contribution in [3.8, 4) is 0 Å². The Morgan fingerprint density at radius 1 is 1.28 bits per heavy atom. The average molecular weight is 421 g/mol. The second-order valence-electron chi connectivity index (χ2n) is 8.05. The van der Waals surface area contributed by atoms with E-state index in [-0.39, 0.29) is 5.91 Å². The molecular weight excluding hydrogens is 388 g/mol. The Kier molecular flexibility index (Phi) is 7.61. The number of halogens is 1. The molecule has 160 valence electrons. The van der Waals surface area contributed by atoms with Gasteiger partial charge in [-0.3, -0.25) is 9.79 Å². The maximum atomic E-state index is 11.3. The van der Waals surface area contributed by atoms with Crippen LogP contribution < -0.4 is 16.0 Å². The van der Waals surface area contributed by atoms with Crippen molar-refractivity contribution in [1.82, 2.24) is 15.1 Å². The smallest absolute Gasteiger partial charge is 0.217 e. The molecule has 0 aromatic heterocycles. The Balaban J connectivity index is 1.67. The first-order valence-electron chi connectivity index (χ1n) is 10.4. The molecule has 0 saturated carbocycles. The normalized spacial score (nSPS) is 21.3. The molecule has 2 aliphatic heterocycles. The van der Waals surface area contributed by atoms with Crippen LogP contribution in [-0.2, 0) is 11.3 Å². The number of likely N-dealkylation sites (N-methyl/N-ethyl adjacent to an activating group) is 1. The number of nitrogens with two attached hydrogens (primary N) is 1. The van der Waals surface area contributed by atoms with Gasteiger partial charge in [0, 0.05) is 75.6 Å². The van der Waals surface area contributed by atoms with E-state index in [9.17, 15) is 4.79 Å². The zero-order chi connectivity index (χ0) is 20.8. The van der Waals surface area contributed by atoms with Crippen molar-refractivity contribution >= 4 is 29.2 Å². The van der Waals surface area contributed by atoms with Crippen molar-refractivity contribution in [2.24, 2.45) is 16.6 Å². The molecule has 0 aliphatic carbocycles. The first kappa shape index (κ1) is 21.7. The summed E-state index contributed by atoms with van der Waals surface area (Å²) in [4.78, 5) is 22.8. The van der Waals surface area contributed by atoms with E-state index < -0.39 is 0 Å². The monoisotopic (exact) mass is 420 g/mol. The van der Waals surface area contributed by atoms with Crippen LogP contribution in [-0.4, -0.2) is 75.0 Å². The van der Waals surface area contributed by atoms with Crippen LogP contribution in [0.5, 0.6) is 0 Å². The lowest BCUT2D eigenvalue weighted by Crippen LogP contribution is -2.47. The molecule has 7 nitrogen and oxygen atoms in total. The van der Waals surface area contributed by atoms with Crippen LogP contribution in [0.25, 0.3) is 0 Å². The van der Waals surface area contributed by atoms with Crippen molar-refractivity contribution in [2.75, 3.05) is 58.3 Å². The quantitative estimate of drug-likeness (QED) is 0.560. The van der Waals surface area contributed by atoms with Crippen molar-refractivity contribution in [1.29, 1.82) is 0 Å². The van der Waals surface area contributed by atoms with Crippen LogP contribution in [0.1, 0.15) is 24.8 Å². The maximum absolute atomic E-state index is 11.3. The Morgan fingerprint density at radius 3 is 2.72 bits per heavy atom. The summed E-state index contributed by atoms with van der Waals surface area (Å²) in [5, 5.41) is 4.27. The first-order valence-corrected chi connectivity index (χ1v) is 10.8. The Hall–Kier alpha value is -1.99. The standard InChI is InChI=1S/C21H33ClN6O/c1-24-21(28-8-4-5-16(15-28)13-20(23)29)25-14-17-18(22)6-3-7-19(17)27-11-9-26(2)10-12-27/h3,6-7,16H,4-5,8-15H2,1-2H3,(H2,23,29)(H,24,25). The molecule has 0 bridgehead atoms. The van der Waals surface area contributed by atoms with Crippen molar-refractivity contribution in [3.05, 3.63) is 28.8 Å². The van der Waals surface area contributed by atoms with Crippen LogP contribution in [0, 0.1) is 5.92 Å². The highest BCUT2D eigenvalue weighted by molar-refractivity contribution is 6.31. The van der Waals surface area contributed by atoms with E-state index >= 15 is 0 Å². The van der Waals surface area contributed by atoms with Gasteiger partial charge in [0.05, 0.1) is 0 Å². The van der Waals surface area contributed by atoms with E-state index in [0.29, 0.717) is 18.9 Å². The molecule has 3 N–H and O–H groups in total. The molecule has 1 aromatic carbocycles. The summed E-state index contributed by atoms with van der Waals surface area (Å²) in [5.41, 5.74) is 7.69. The van der Waals surface area contributed by atoms with Crippen LogP contribution in [0.4, 0.5) is 5.69 Å². The number of primary amides is 1. The molecule has 1 unspecified atom stereocenters. The zero-order valence-corrected chi connectivity index (χ0v) is 18.3. The molecule has 2 fully saturated rings. The van der Waals surface area contributed by atoms with Gasteiger partial charge in [-0.1, -0.05) is 17.7 Å². The number of piperazine rings is 1. The third kappa shape index (κ3) is 5.76. The van der Waals surface area contributed by atoms with Gasteiger partial charge in [-0.25, -0.2) is 0 Å². The van der Waals surface area contributed by atoms with Crippen molar-refractivity contribution < 1.29 is 4.79 Å². The van der Waals surface area contributed by atoms with E-state index in [1.54, 1.807) is 7.05 Å². The summed E-state index contributed by atoms with van der Waals surface area (Å²) in [7, 11) is 3.96. The molecule has 1 atom stereocenters. The molecular formula is C21H33ClN6O. The van der Waals surface area contributed by atoms with E-state index in [4.69, 9.17) is 17.3 Å². The lowest BCUT2D eigenvalue weighted by atomic mass is 9.95. The predicted octanol–water partition coefficient (Wildman–Crippen LogP) is 1.75. The Labute approximate surface area is 178 Å². The number of rotatable bonds is 5. The predicted molar refractivity (Wildman–Crippen MR) is 119 cm³/mol. The van der Waals surface area contributed by atoms with Crippen LogP contribution in [0.15, 0.2) is 23.2 Å². The number of piperidine rings is 1. The summed E-state index contributed by atoms with van der Waals surface area (Å²) in [5.74, 6) is 0.914. The molecule has 1 aromatic rings. The molecule has 8 heteroatoms. The molecule has 2 saturated heterocycles. The van der Waals surface area contributed by atoms with Gasteiger partial charge in [0.15, 0.2) is 5.96 Å². The highest BCUT2D eigenvalue weighted by Crippen LogP contribution is 2.28. The third-order valence-electron chi connectivity index (χ3n) is 5.88. The maximum Gasteiger partial charge on any atom is 0.217 e. The van der Waals surface area contributed by atoms with Crippen LogP contribution in [0.2, 0.25) is 5.02 Å². The van der Waals surface area contributed by atoms with Crippen molar-refractivity contribution in [2.45, 2.75) is 25.8 Å². The molecule has 0 radical (unpaired) electrons. The van der Waals surface area contributed by atoms with Gasteiger partial charge >= 0.3 is 0 Å². The topological polar surface area (TPSA) is 77.2 Å². The van der Waals surface area contributed by atoms with Gasteiger partial charge in [-0.15, -0.1) is 0 Å². The minimum absolute atomic E-state index is 0.229. The average Bonchev–Trinajstić information content (AvgIpc) is 2.70. The third-order valence-corrected chi connectivity index (χ3v) is 6.24. The highest BCUT2D eigenvalue weighted by Gasteiger charge is 2.24. The van der Waals surface area contributed by atoms with Gasteiger partial charge in [-0.2, -0.15) is 0 Å². The minimum atomic E-state index is -0.229.